The predicted molar refractivity (Wildman–Crippen MR) is 70.6 cm³/mol. The van der Waals surface area contributed by atoms with Gasteiger partial charge in [0.15, 0.2) is 0 Å². The second-order valence-corrected chi connectivity index (χ2v) is 4.85. The van der Waals surface area contributed by atoms with E-state index in [4.69, 9.17) is 16.3 Å². The molecule has 1 saturated carbocycles. The zero-order chi connectivity index (χ0) is 12.1. The smallest absolute Gasteiger partial charge is 0.0641 e. The third-order valence-electron chi connectivity index (χ3n) is 3.06. The maximum absolute atomic E-state index is 5.90. The summed E-state index contributed by atoms with van der Waals surface area (Å²) in [6.45, 7) is 2.56. The molecular formula is C13H19ClN2O. The van der Waals surface area contributed by atoms with Crippen molar-refractivity contribution in [3.05, 3.63) is 24.0 Å². The number of rotatable bonds is 7. The van der Waals surface area contributed by atoms with Gasteiger partial charge in [-0.3, -0.25) is 4.98 Å². The van der Waals surface area contributed by atoms with Crippen LogP contribution < -0.4 is 4.90 Å². The van der Waals surface area contributed by atoms with Crippen molar-refractivity contribution < 1.29 is 4.74 Å². The number of likely N-dealkylation sites (N-methyl/N-ethyl adjacent to an activating group) is 1. The van der Waals surface area contributed by atoms with Crippen molar-refractivity contribution in [2.45, 2.75) is 18.7 Å². The number of aromatic nitrogens is 1. The average molecular weight is 255 g/mol. The van der Waals surface area contributed by atoms with E-state index in [1.165, 1.54) is 12.8 Å². The van der Waals surface area contributed by atoms with Crippen molar-refractivity contribution in [3.8, 4) is 0 Å². The highest BCUT2D eigenvalue weighted by Crippen LogP contribution is 2.28. The van der Waals surface area contributed by atoms with Crippen LogP contribution in [0.3, 0.4) is 0 Å². The molecule has 17 heavy (non-hydrogen) atoms. The first-order valence-corrected chi connectivity index (χ1v) is 6.62. The summed E-state index contributed by atoms with van der Waals surface area (Å²) in [5.74, 6) is 1.35. The predicted octanol–water partition coefficient (Wildman–Crippen LogP) is 2.68. The minimum atomic E-state index is 0.519. The molecule has 0 amide bonds. The van der Waals surface area contributed by atoms with Crippen LogP contribution in [-0.2, 0) is 10.6 Å². The normalized spacial score (nSPS) is 14.9. The molecule has 1 aliphatic carbocycles. The second kappa shape index (κ2) is 6.22. The number of hydrogen-bond acceptors (Lipinski definition) is 3. The SMILES string of the molecule is CN(CCOCC1CC1)c1cnccc1CCl. The molecule has 4 heteroatoms. The Labute approximate surface area is 108 Å². The van der Waals surface area contributed by atoms with Gasteiger partial charge in [0.1, 0.15) is 0 Å². The standard InChI is InChI=1S/C13H19ClN2O/c1-16(6-7-17-10-11-2-3-11)13-9-15-5-4-12(13)8-14/h4-5,9,11H,2-3,6-8,10H2,1H3. The van der Waals surface area contributed by atoms with Crippen LogP contribution in [-0.4, -0.2) is 31.8 Å². The first-order chi connectivity index (χ1) is 8.31. The van der Waals surface area contributed by atoms with Gasteiger partial charge in [-0.15, -0.1) is 11.6 Å². The third kappa shape index (κ3) is 3.86. The van der Waals surface area contributed by atoms with Crippen LogP contribution in [0.25, 0.3) is 0 Å². The van der Waals surface area contributed by atoms with Gasteiger partial charge in [-0.05, 0) is 30.4 Å². The van der Waals surface area contributed by atoms with Crippen LogP contribution in [0.2, 0.25) is 0 Å². The van der Waals surface area contributed by atoms with Crippen molar-refractivity contribution in [2.75, 3.05) is 31.7 Å². The molecule has 2 rings (SSSR count). The minimum absolute atomic E-state index is 0.519. The Morgan fingerprint density at radius 3 is 3.06 bits per heavy atom. The van der Waals surface area contributed by atoms with E-state index < -0.39 is 0 Å². The van der Waals surface area contributed by atoms with Crippen LogP contribution >= 0.6 is 11.6 Å². The Kier molecular flexibility index (Phi) is 4.63. The van der Waals surface area contributed by atoms with E-state index in [9.17, 15) is 0 Å². The summed E-state index contributed by atoms with van der Waals surface area (Å²) >= 11 is 5.90. The summed E-state index contributed by atoms with van der Waals surface area (Å²) < 4.78 is 5.63. The van der Waals surface area contributed by atoms with Gasteiger partial charge in [-0.2, -0.15) is 0 Å². The van der Waals surface area contributed by atoms with Crippen molar-refractivity contribution in [3.63, 3.8) is 0 Å². The molecule has 1 aromatic heterocycles. The summed E-state index contributed by atoms with van der Waals surface area (Å²) in [6, 6.07) is 1.96. The highest BCUT2D eigenvalue weighted by molar-refractivity contribution is 6.17. The fourth-order valence-corrected chi connectivity index (χ4v) is 1.95. The molecule has 1 heterocycles. The van der Waals surface area contributed by atoms with Gasteiger partial charge in [-0.25, -0.2) is 0 Å². The van der Waals surface area contributed by atoms with E-state index in [-0.39, 0.29) is 0 Å². The van der Waals surface area contributed by atoms with Gasteiger partial charge in [0.2, 0.25) is 0 Å². The number of hydrogen-bond donors (Lipinski definition) is 0. The Balaban J connectivity index is 1.78. The molecule has 0 N–H and O–H groups in total. The average Bonchev–Trinajstić information content (AvgIpc) is 3.18. The van der Waals surface area contributed by atoms with E-state index in [2.05, 4.69) is 9.88 Å². The van der Waals surface area contributed by atoms with Crippen LogP contribution in [0.1, 0.15) is 18.4 Å². The fourth-order valence-electron chi connectivity index (χ4n) is 1.73. The topological polar surface area (TPSA) is 25.4 Å². The summed E-state index contributed by atoms with van der Waals surface area (Å²) in [4.78, 5) is 6.29. The molecular weight excluding hydrogens is 236 g/mol. The minimum Gasteiger partial charge on any atom is -0.379 e. The second-order valence-electron chi connectivity index (χ2n) is 4.58. The largest absolute Gasteiger partial charge is 0.379 e. The zero-order valence-electron chi connectivity index (χ0n) is 10.2. The Bertz CT molecular complexity index is 355. The number of ether oxygens (including phenoxy) is 1. The van der Waals surface area contributed by atoms with Crippen LogP contribution in [0.15, 0.2) is 18.5 Å². The molecule has 0 spiro atoms. The molecule has 94 valence electrons. The molecule has 1 aromatic rings. The van der Waals surface area contributed by atoms with Crippen LogP contribution in [0, 0.1) is 5.92 Å². The quantitative estimate of drug-likeness (QED) is 0.553. The summed E-state index contributed by atoms with van der Waals surface area (Å²) in [5.41, 5.74) is 2.21. The van der Waals surface area contributed by atoms with Crippen molar-refractivity contribution in [1.29, 1.82) is 0 Å². The van der Waals surface area contributed by atoms with Crippen molar-refractivity contribution >= 4 is 17.3 Å². The summed E-state index contributed by atoms with van der Waals surface area (Å²) in [5, 5.41) is 0. The lowest BCUT2D eigenvalue weighted by atomic mass is 10.2. The molecule has 0 bridgehead atoms. The lowest BCUT2D eigenvalue weighted by Gasteiger charge is -2.21. The maximum Gasteiger partial charge on any atom is 0.0641 e. The van der Waals surface area contributed by atoms with E-state index in [0.29, 0.717) is 5.88 Å². The first kappa shape index (κ1) is 12.7. The molecule has 3 nitrogen and oxygen atoms in total. The number of anilines is 1. The molecule has 0 aromatic carbocycles. The Morgan fingerprint density at radius 1 is 1.53 bits per heavy atom. The van der Waals surface area contributed by atoms with Gasteiger partial charge in [0.05, 0.1) is 18.5 Å². The van der Waals surface area contributed by atoms with Gasteiger partial charge in [0, 0.05) is 32.3 Å². The van der Waals surface area contributed by atoms with Gasteiger partial charge in [-0.1, -0.05) is 0 Å². The molecule has 1 fully saturated rings. The number of alkyl halides is 1. The van der Waals surface area contributed by atoms with Crippen LogP contribution in [0.5, 0.6) is 0 Å². The molecule has 0 unspecified atom stereocenters. The van der Waals surface area contributed by atoms with Crippen molar-refractivity contribution in [2.24, 2.45) is 5.92 Å². The maximum atomic E-state index is 5.90. The Hall–Kier alpha value is -0.800. The molecule has 1 aliphatic rings. The number of pyridine rings is 1. The zero-order valence-corrected chi connectivity index (χ0v) is 11.0. The lowest BCUT2D eigenvalue weighted by molar-refractivity contribution is 0.131. The third-order valence-corrected chi connectivity index (χ3v) is 3.35. The van der Waals surface area contributed by atoms with E-state index in [0.717, 1.165) is 36.9 Å². The highest BCUT2D eigenvalue weighted by atomic mass is 35.5. The first-order valence-electron chi connectivity index (χ1n) is 6.09. The van der Waals surface area contributed by atoms with Crippen molar-refractivity contribution in [1.82, 2.24) is 4.98 Å². The molecule has 0 radical (unpaired) electrons. The van der Waals surface area contributed by atoms with E-state index >= 15 is 0 Å². The summed E-state index contributed by atoms with van der Waals surface area (Å²) in [7, 11) is 2.05. The Morgan fingerprint density at radius 2 is 2.35 bits per heavy atom. The van der Waals surface area contributed by atoms with E-state index in [1.54, 1.807) is 6.20 Å². The fraction of sp³-hybridized carbons (Fsp3) is 0.615. The van der Waals surface area contributed by atoms with E-state index in [1.807, 2.05) is 19.3 Å². The number of nitrogens with zero attached hydrogens (tertiary/aromatic N) is 2. The molecule has 0 saturated heterocycles. The lowest BCUT2D eigenvalue weighted by Crippen LogP contribution is -2.24. The number of halogens is 1. The van der Waals surface area contributed by atoms with Gasteiger partial charge < -0.3 is 9.64 Å². The van der Waals surface area contributed by atoms with Gasteiger partial charge in [0.25, 0.3) is 0 Å². The highest BCUT2D eigenvalue weighted by Gasteiger charge is 2.21. The van der Waals surface area contributed by atoms with Crippen LogP contribution in [0.4, 0.5) is 5.69 Å². The molecule has 0 aliphatic heterocycles. The van der Waals surface area contributed by atoms with Gasteiger partial charge >= 0.3 is 0 Å². The molecule has 0 atom stereocenters. The monoisotopic (exact) mass is 254 g/mol. The summed E-state index contributed by atoms with van der Waals surface area (Å²) in [6.07, 6.45) is 6.32.